The van der Waals surface area contributed by atoms with Crippen LogP contribution in [0, 0.1) is 0 Å². The molecule has 142 valence electrons. The molecule has 2 saturated heterocycles. The predicted octanol–water partition coefficient (Wildman–Crippen LogP) is 0.371. The van der Waals surface area contributed by atoms with Crippen molar-refractivity contribution in [3.05, 3.63) is 60.2 Å². The van der Waals surface area contributed by atoms with Gasteiger partial charge in [0.2, 0.25) is 0 Å². The molecule has 4 rings (SSSR count). The van der Waals surface area contributed by atoms with E-state index in [2.05, 4.69) is 36.2 Å². The van der Waals surface area contributed by atoms with Crippen LogP contribution >= 0.6 is 0 Å². The van der Waals surface area contributed by atoms with Gasteiger partial charge in [-0.25, -0.2) is 0 Å². The zero-order chi connectivity index (χ0) is 18.6. The molecule has 0 radical (unpaired) electrons. The lowest BCUT2D eigenvalue weighted by atomic mass is 10.0. The van der Waals surface area contributed by atoms with E-state index in [9.17, 15) is 4.79 Å². The van der Waals surface area contributed by atoms with Crippen molar-refractivity contribution in [1.82, 2.24) is 4.90 Å². The maximum atomic E-state index is 12.9. The van der Waals surface area contributed by atoms with E-state index < -0.39 is 0 Å². The van der Waals surface area contributed by atoms with Crippen LogP contribution in [0.3, 0.4) is 0 Å². The van der Waals surface area contributed by atoms with Crippen molar-refractivity contribution in [2.75, 3.05) is 46.3 Å². The highest BCUT2D eigenvalue weighted by molar-refractivity contribution is 5.94. The number of quaternary nitrogens is 2. The first-order chi connectivity index (χ1) is 13.2. The van der Waals surface area contributed by atoms with Gasteiger partial charge in [-0.05, 0) is 23.3 Å². The zero-order valence-corrected chi connectivity index (χ0v) is 16.3. The third kappa shape index (κ3) is 4.23. The summed E-state index contributed by atoms with van der Waals surface area (Å²) in [5.41, 5.74) is 3.16. The molecule has 2 N–H and O–H groups in total. The summed E-state index contributed by atoms with van der Waals surface area (Å²) in [5.74, 6) is 0.186. The Kier molecular flexibility index (Phi) is 5.55. The van der Waals surface area contributed by atoms with Gasteiger partial charge in [0.1, 0.15) is 26.2 Å². The van der Waals surface area contributed by atoms with Crippen LogP contribution in [0.25, 0.3) is 11.1 Å². The Morgan fingerprint density at radius 3 is 2.07 bits per heavy atom. The SMILES string of the molecule is C[NH+]1CC[NH+](C2CCN(C(=O)c3ccc(-c4ccccc4)cc3)CC2)CC1. The number of piperidine rings is 1. The van der Waals surface area contributed by atoms with Gasteiger partial charge < -0.3 is 14.7 Å². The maximum Gasteiger partial charge on any atom is 0.253 e. The molecular formula is C23H31N3O+2. The molecule has 4 heteroatoms. The Morgan fingerprint density at radius 1 is 0.852 bits per heavy atom. The molecular weight excluding hydrogens is 334 g/mol. The van der Waals surface area contributed by atoms with Gasteiger partial charge in [0.25, 0.3) is 5.91 Å². The second-order valence-corrected chi connectivity index (χ2v) is 8.13. The third-order valence-electron chi connectivity index (χ3n) is 6.34. The molecule has 27 heavy (non-hydrogen) atoms. The molecule has 0 aliphatic carbocycles. The van der Waals surface area contributed by atoms with Gasteiger partial charge >= 0.3 is 0 Å². The zero-order valence-electron chi connectivity index (χ0n) is 16.3. The van der Waals surface area contributed by atoms with Gasteiger partial charge in [-0.1, -0.05) is 42.5 Å². The number of rotatable bonds is 3. The van der Waals surface area contributed by atoms with Crippen LogP contribution in [0.5, 0.6) is 0 Å². The molecule has 0 bridgehead atoms. The van der Waals surface area contributed by atoms with Crippen LogP contribution in [0.4, 0.5) is 0 Å². The average Bonchev–Trinajstić information content (AvgIpc) is 2.75. The number of likely N-dealkylation sites (tertiary alicyclic amines) is 1. The first kappa shape index (κ1) is 18.2. The minimum atomic E-state index is 0.186. The maximum absolute atomic E-state index is 12.9. The summed E-state index contributed by atoms with van der Waals surface area (Å²) in [6.07, 6.45) is 2.28. The summed E-state index contributed by atoms with van der Waals surface area (Å²) in [5, 5.41) is 0. The van der Waals surface area contributed by atoms with Crippen molar-refractivity contribution in [2.45, 2.75) is 18.9 Å². The number of benzene rings is 2. The fraction of sp³-hybridized carbons (Fsp3) is 0.435. The lowest BCUT2D eigenvalue weighted by Gasteiger charge is -2.38. The third-order valence-corrected chi connectivity index (χ3v) is 6.34. The van der Waals surface area contributed by atoms with E-state index in [-0.39, 0.29) is 5.91 Å². The summed E-state index contributed by atoms with van der Waals surface area (Å²) in [6, 6.07) is 19.1. The Hall–Kier alpha value is -2.17. The van der Waals surface area contributed by atoms with Gasteiger partial charge in [0.05, 0.1) is 13.1 Å². The van der Waals surface area contributed by atoms with Gasteiger partial charge in [-0.3, -0.25) is 4.79 Å². The summed E-state index contributed by atoms with van der Waals surface area (Å²) in [6.45, 7) is 6.92. The fourth-order valence-electron chi connectivity index (χ4n) is 4.52. The quantitative estimate of drug-likeness (QED) is 0.809. The molecule has 4 nitrogen and oxygen atoms in total. The van der Waals surface area contributed by atoms with Crippen LogP contribution in [0.15, 0.2) is 54.6 Å². The summed E-state index contributed by atoms with van der Waals surface area (Å²) >= 11 is 0. The molecule has 2 fully saturated rings. The summed E-state index contributed by atoms with van der Waals surface area (Å²) in [4.78, 5) is 18.4. The van der Waals surface area contributed by atoms with Gasteiger partial charge in [0, 0.05) is 31.5 Å². The predicted molar refractivity (Wildman–Crippen MR) is 108 cm³/mol. The highest BCUT2D eigenvalue weighted by atomic mass is 16.2. The summed E-state index contributed by atoms with van der Waals surface area (Å²) in [7, 11) is 2.29. The van der Waals surface area contributed by atoms with Gasteiger partial charge in [-0.15, -0.1) is 0 Å². The van der Waals surface area contributed by atoms with Crippen LogP contribution in [0.2, 0.25) is 0 Å². The number of carbonyl (C=O) groups is 1. The van der Waals surface area contributed by atoms with Crippen LogP contribution in [-0.4, -0.2) is 63.2 Å². The minimum absolute atomic E-state index is 0.186. The Labute approximate surface area is 162 Å². The van der Waals surface area contributed by atoms with Crippen molar-refractivity contribution >= 4 is 5.91 Å². The second kappa shape index (κ2) is 8.24. The molecule has 0 aromatic heterocycles. The minimum Gasteiger partial charge on any atom is -0.338 e. The second-order valence-electron chi connectivity index (χ2n) is 8.13. The lowest BCUT2D eigenvalue weighted by Crippen LogP contribution is -3.28. The molecule has 0 saturated carbocycles. The number of nitrogens with one attached hydrogen (secondary N) is 2. The Bertz CT molecular complexity index is 743. The van der Waals surface area contributed by atoms with E-state index in [1.165, 1.54) is 31.7 Å². The number of amides is 1. The van der Waals surface area contributed by atoms with Crippen molar-refractivity contribution in [2.24, 2.45) is 0 Å². The molecule has 2 aromatic carbocycles. The van der Waals surface area contributed by atoms with E-state index in [0.29, 0.717) is 0 Å². The number of carbonyl (C=O) groups excluding carboxylic acids is 1. The lowest BCUT2D eigenvalue weighted by molar-refractivity contribution is -1.02. The van der Waals surface area contributed by atoms with Crippen molar-refractivity contribution in [3.63, 3.8) is 0 Å². The van der Waals surface area contributed by atoms with E-state index in [0.717, 1.165) is 43.1 Å². The highest BCUT2D eigenvalue weighted by Crippen LogP contribution is 2.20. The number of piperazine rings is 1. The van der Waals surface area contributed by atoms with E-state index in [1.807, 2.05) is 30.3 Å². The fourth-order valence-corrected chi connectivity index (χ4v) is 4.52. The Balaban J connectivity index is 1.34. The number of hydrogen-bond acceptors (Lipinski definition) is 1. The number of nitrogens with zero attached hydrogens (tertiary/aromatic N) is 1. The van der Waals surface area contributed by atoms with E-state index in [4.69, 9.17) is 0 Å². The summed E-state index contributed by atoms with van der Waals surface area (Å²) < 4.78 is 0. The number of likely N-dealkylation sites (N-methyl/N-ethyl adjacent to an activating group) is 1. The van der Waals surface area contributed by atoms with Gasteiger partial charge in [0.15, 0.2) is 0 Å². The van der Waals surface area contributed by atoms with Crippen molar-refractivity contribution < 1.29 is 14.6 Å². The molecule has 2 heterocycles. The standard InChI is InChI=1S/C23H29N3O/c1-24-15-17-25(18-16-24)22-11-13-26(14-12-22)23(27)21-9-7-20(8-10-21)19-5-3-2-4-6-19/h2-10,22H,11-18H2,1H3/p+2. The molecule has 2 aromatic rings. The first-order valence-corrected chi connectivity index (χ1v) is 10.3. The smallest absolute Gasteiger partial charge is 0.253 e. The monoisotopic (exact) mass is 365 g/mol. The van der Waals surface area contributed by atoms with E-state index >= 15 is 0 Å². The van der Waals surface area contributed by atoms with Crippen LogP contribution < -0.4 is 9.80 Å². The van der Waals surface area contributed by atoms with Gasteiger partial charge in [-0.2, -0.15) is 0 Å². The highest BCUT2D eigenvalue weighted by Gasteiger charge is 2.32. The number of hydrogen-bond donors (Lipinski definition) is 2. The first-order valence-electron chi connectivity index (χ1n) is 10.3. The topological polar surface area (TPSA) is 29.2 Å². The van der Waals surface area contributed by atoms with Crippen LogP contribution in [-0.2, 0) is 0 Å². The van der Waals surface area contributed by atoms with Crippen molar-refractivity contribution in [1.29, 1.82) is 0 Å². The molecule has 0 unspecified atom stereocenters. The Morgan fingerprint density at radius 2 is 1.44 bits per heavy atom. The largest absolute Gasteiger partial charge is 0.338 e. The molecule has 1 amide bonds. The van der Waals surface area contributed by atoms with Crippen molar-refractivity contribution in [3.8, 4) is 11.1 Å². The molecule has 0 spiro atoms. The van der Waals surface area contributed by atoms with E-state index in [1.54, 1.807) is 9.80 Å². The van der Waals surface area contributed by atoms with Crippen LogP contribution in [0.1, 0.15) is 23.2 Å². The molecule has 2 aliphatic heterocycles. The normalized spacial score (nSPS) is 24.0. The average molecular weight is 366 g/mol. The molecule has 0 atom stereocenters. The molecule has 2 aliphatic rings.